The summed E-state index contributed by atoms with van der Waals surface area (Å²) in [5.41, 5.74) is 5.33. The maximum atomic E-state index is 13.2. The Labute approximate surface area is 170 Å². The summed E-state index contributed by atoms with van der Waals surface area (Å²) in [6.45, 7) is 2.98. The molecular weight excluding hydrogens is 364 g/mol. The predicted molar refractivity (Wildman–Crippen MR) is 113 cm³/mol. The molecule has 0 saturated carbocycles. The largest absolute Gasteiger partial charge is 0.337 e. The summed E-state index contributed by atoms with van der Waals surface area (Å²) < 4.78 is 0. The van der Waals surface area contributed by atoms with Gasteiger partial charge in [0, 0.05) is 24.5 Å². The van der Waals surface area contributed by atoms with E-state index in [0.29, 0.717) is 6.54 Å². The highest BCUT2D eigenvalue weighted by atomic mass is 32.1. The van der Waals surface area contributed by atoms with Crippen molar-refractivity contribution in [3.63, 3.8) is 0 Å². The van der Waals surface area contributed by atoms with Crippen LogP contribution < -0.4 is 0 Å². The number of carbonyl (C=O) groups is 1. The third-order valence-corrected chi connectivity index (χ3v) is 7.00. The van der Waals surface area contributed by atoms with Crippen LogP contribution in [0.4, 0.5) is 0 Å². The number of carbonyl (C=O) groups excluding carboxylic acids is 1. The summed E-state index contributed by atoms with van der Waals surface area (Å²) in [7, 11) is 0. The molecule has 5 rings (SSSR count). The van der Waals surface area contributed by atoms with Crippen LogP contribution in [0.1, 0.15) is 33.2 Å². The quantitative estimate of drug-likeness (QED) is 0.669. The molecule has 1 aromatic heterocycles. The molecule has 1 atom stereocenters. The van der Waals surface area contributed by atoms with E-state index in [4.69, 9.17) is 0 Å². The van der Waals surface area contributed by atoms with Crippen LogP contribution in [0.3, 0.4) is 0 Å². The van der Waals surface area contributed by atoms with Gasteiger partial charge in [0.05, 0.1) is 12.6 Å². The molecule has 0 saturated heterocycles. The maximum Gasteiger partial charge on any atom is 0.237 e. The van der Waals surface area contributed by atoms with E-state index in [-0.39, 0.29) is 11.9 Å². The van der Waals surface area contributed by atoms with Gasteiger partial charge >= 0.3 is 0 Å². The lowest BCUT2D eigenvalue weighted by atomic mass is 9.93. The van der Waals surface area contributed by atoms with E-state index >= 15 is 0 Å². The van der Waals surface area contributed by atoms with Gasteiger partial charge in [-0.25, -0.2) is 0 Å². The number of hydrogen-bond donors (Lipinski definition) is 0. The van der Waals surface area contributed by atoms with E-state index in [2.05, 4.69) is 70.9 Å². The van der Waals surface area contributed by atoms with Crippen molar-refractivity contribution >= 4 is 17.2 Å². The molecule has 3 nitrogen and oxygen atoms in total. The minimum atomic E-state index is 0.178. The molecular formula is C24H24N2OS. The van der Waals surface area contributed by atoms with E-state index in [1.807, 2.05) is 16.2 Å². The second-order valence-electron chi connectivity index (χ2n) is 7.67. The van der Waals surface area contributed by atoms with Crippen LogP contribution in [-0.2, 0) is 24.2 Å². The van der Waals surface area contributed by atoms with Gasteiger partial charge in [-0.3, -0.25) is 9.69 Å². The van der Waals surface area contributed by atoms with Gasteiger partial charge in [-0.1, -0.05) is 54.6 Å². The van der Waals surface area contributed by atoms with Crippen molar-refractivity contribution in [1.29, 1.82) is 0 Å². The Kier molecular flexibility index (Phi) is 4.75. The van der Waals surface area contributed by atoms with E-state index < -0.39 is 0 Å². The van der Waals surface area contributed by atoms with Crippen molar-refractivity contribution in [2.24, 2.45) is 0 Å². The molecule has 2 aromatic carbocycles. The fraction of sp³-hybridized carbons (Fsp3) is 0.292. The molecule has 2 aliphatic rings. The molecule has 3 aromatic rings. The molecule has 1 unspecified atom stereocenters. The summed E-state index contributed by atoms with van der Waals surface area (Å²) in [5, 5.41) is 2.19. The Bertz CT molecular complexity index is 981. The predicted octanol–water partition coefficient (Wildman–Crippen LogP) is 4.28. The zero-order valence-electron chi connectivity index (χ0n) is 15.9. The normalized spacial score (nSPS) is 19.1. The lowest BCUT2D eigenvalue weighted by Gasteiger charge is -2.38. The molecule has 1 amide bonds. The van der Waals surface area contributed by atoms with Gasteiger partial charge in [0.1, 0.15) is 0 Å². The number of hydrogen-bond acceptors (Lipinski definition) is 3. The van der Waals surface area contributed by atoms with Crippen molar-refractivity contribution in [3.8, 4) is 0 Å². The second kappa shape index (κ2) is 7.53. The monoisotopic (exact) mass is 388 g/mol. The highest BCUT2D eigenvalue weighted by molar-refractivity contribution is 7.10. The van der Waals surface area contributed by atoms with Crippen LogP contribution in [0.25, 0.3) is 0 Å². The molecule has 0 spiro atoms. The van der Waals surface area contributed by atoms with Gasteiger partial charge in [-0.2, -0.15) is 0 Å². The number of fused-ring (bicyclic) bond motifs is 2. The van der Waals surface area contributed by atoms with E-state index in [1.165, 1.54) is 27.1 Å². The van der Waals surface area contributed by atoms with Gasteiger partial charge in [-0.05, 0) is 46.5 Å². The van der Waals surface area contributed by atoms with Crippen LogP contribution in [0.2, 0.25) is 0 Å². The molecule has 0 radical (unpaired) electrons. The molecule has 3 heterocycles. The first kappa shape index (κ1) is 17.7. The third-order valence-electron chi connectivity index (χ3n) is 6.00. The van der Waals surface area contributed by atoms with Crippen molar-refractivity contribution in [1.82, 2.24) is 9.80 Å². The van der Waals surface area contributed by atoms with Gasteiger partial charge in [0.15, 0.2) is 0 Å². The first-order valence-corrected chi connectivity index (χ1v) is 10.9. The average molecular weight is 389 g/mol. The van der Waals surface area contributed by atoms with Crippen molar-refractivity contribution in [3.05, 3.63) is 93.2 Å². The first-order valence-electron chi connectivity index (χ1n) is 9.99. The maximum absolute atomic E-state index is 13.2. The highest BCUT2D eigenvalue weighted by Gasteiger charge is 2.32. The van der Waals surface area contributed by atoms with Gasteiger partial charge in [0.25, 0.3) is 0 Å². The van der Waals surface area contributed by atoms with E-state index in [0.717, 1.165) is 32.5 Å². The Morgan fingerprint density at radius 2 is 1.71 bits per heavy atom. The number of nitrogens with zero attached hydrogens (tertiary/aromatic N) is 2. The van der Waals surface area contributed by atoms with Crippen molar-refractivity contribution < 1.29 is 4.79 Å². The van der Waals surface area contributed by atoms with Crippen LogP contribution in [0, 0.1) is 0 Å². The van der Waals surface area contributed by atoms with Gasteiger partial charge < -0.3 is 4.90 Å². The number of rotatable bonds is 3. The Hall–Kier alpha value is -2.43. The standard InChI is InChI=1S/C24H24N2OS/c27-23(25-13-10-18-6-4-5-9-20(18)16-25)17-26-14-11-22-21(12-15-28-22)24(26)19-7-2-1-3-8-19/h1-9,12,15,24H,10-11,13-14,16-17H2. The minimum Gasteiger partial charge on any atom is -0.337 e. The van der Waals surface area contributed by atoms with E-state index in [9.17, 15) is 4.79 Å². The number of amides is 1. The lowest BCUT2D eigenvalue weighted by Crippen LogP contribution is -2.45. The van der Waals surface area contributed by atoms with Crippen LogP contribution >= 0.6 is 11.3 Å². The van der Waals surface area contributed by atoms with Crippen LogP contribution in [0.5, 0.6) is 0 Å². The fourth-order valence-corrected chi connectivity index (χ4v) is 5.45. The third kappa shape index (κ3) is 3.27. The number of benzene rings is 2. The molecule has 142 valence electrons. The summed E-state index contributed by atoms with van der Waals surface area (Å²) >= 11 is 1.84. The minimum absolute atomic E-state index is 0.178. The molecule has 28 heavy (non-hydrogen) atoms. The summed E-state index contributed by atoms with van der Waals surface area (Å²) in [6, 6.07) is 21.5. The highest BCUT2D eigenvalue weighted by Crippen LogP contribution is 2.37. The Balaban J connectivity index is 1.37. The fourth-order valence-electron chi connectivity index (χ4n) is 4.55. The molecule has 0 N–H and O–H groups in total. The van der Waals surface area contributed by atoms with Crippen LogP contribution in [-0.4, -0.2) is 35.3 Å². The summed E-state index contributed by atoms with van der Waals surface area (Å²) in [6.07, 6.45) is 1.99. The molecule has 4 heteroatoms. The SMILES string of the molecule is O=C(CN1CCc2sccc2C1c1ccccc1)N1CCc2ccccc2C1. The zero-order valence-corrected chi connectivity index (χ0v) is 16.7. The molecule has 0 bridgehead atoms. The van der Waals surface area contributed by atoms with Crippen LogP contribution in [0.15, 0.2) is 66.0 Å². The first-order chi connectivity index (χ1) is 13.8. The average Bonchev–Trinajstić information content (AvgIpc) is 3.22. The lowest BCUT2D eigenvalue weighted by molar-refractivity contribution is -0.133. The Morgan fingerprint density at radius 1 is 0.929 bits per heavy atom. The summed E-state index contributed by atoms with van der Waals surface area (Å²) in [5.74, 6) is 0.245. The smallest absolute Gasteiger partial charge is 0.237 e. The molecule has 2 aliphatic heterocycles. The topological polar surface area (TPSA) is 23.6 Å². The number of thiophene rings is 1. The van der Waals surface area contributed by atoms with Gasteiger partial charge in [0.2, 0.25) is 5.91 Å². The van der Waals surface area contributed by atoms with Crippen molar-refractivity contribution in [2.45, 2.75) is 25.4 Å². The molecule has 0 fully saturated rings. The zero-order chi connectivity index (χ0) is 18.9. The second-order valence-corrected chi connectivity index (χ2v) is 8.67. The van der Waals surface area contributed by atoms with Crippen molar-refractivity contribution in [2.75, 3.05) is 19.6 Å². The molecule has 0 aliphatic carbocycles. The summed E-state index contributed by atoms with van der Waals surface area (Å²) in [4.78, 5) is 19.1. The van der Waals surface area contributed by atoms with Gasteiger partial charge in [-0.15, -0.1) is 11.3 Å². The van der Waals surface area contributed by atoms with E-state index in [1.54, 1.807) is 0 Å². The Morgan fingerprint density at radius 3 is 2.57 bits per heavy atom.